The Morgan fingerprint density at radius 2 is 1.92 bits per heavy atom. The van der Waals surface area contributed by atoms with Gasteiger partial charge in [-0.3, -0.25) is 0 Å². The molecule has 0 aliphatic carbocycles. The van der Waals surface area contributed by atoms with Crippen molar-refractivity contribution in [2.45, 2.75) is 19.9 Å². The van der Waals surface area contributed by atoms with Crippen molar-refractivity contribution in [2.75, 3.05) is 5.73 Å². The molecule has 0 spiro atoms. The van der Waals surface area contributed by atoms with Crippen LogP contribution in [0.1, 0.15) is 25.5 Å². The summed E-state index contributed by atoms with van der Waals surface area (Å²) in [5.74, 6) is 0.431. The molecule has 4 N–H and O–H groups in total. The summed E-state index contributed by atoms with van der Waals surface area (Å²) in [7, 11) is 0. The van der Waals surface area contributed by atoms with E-state index < -0.39 is 0 Å². The fraction of sp³-hybridized carbons (Fsp3) is 0.400. The van der Waals surface area contributed by atoms with E-state index in [-0.39, 0.29) is 6.04 Å². The minimum atomic E-state index is 0.0652. The standard InChI is InChI=1S/C10H15BrN2/c1-6(2)10(13)7-3-4-8(11)9(12)5-7/h3-6,10H,12-13H2,1-2H3/t10-/m0/s1. The van der Waals surface area contributed by atoms with Crippen molar-refractivity contribution in [3.63, 3.8) is 0 Å². The number of hydrogen-bond donors (Lipinski definition) is 2. The number of nitrogen functional groups attached to an aromatic ring is 1. The molecular formula is C10H15BrN2. The lowest BCUT2D eigenvalue weighted by atomic mass is 9.97. The number of hydrogen-bond acceptors (Lipinski definition) is 2. The van der Waals surface area contributed by atoms with Crippen LogP contribution in [0.25, 0.3) is 0 Å². The maximum absolute atomic E-state index is 5.99. The lowest BCUT2D eigenvalue weighted by Crippen LogP contribution is -2.16. The van der Waals surface area contributed by atoms with Gasteiger partial charge in [0.1, 0.15) is 0 Å². The Labute approximate surface area is 87.4 Å². The number of nitrogens with two attached hydrogens (primary N) is 2. The molecule has 0 saturated heterocycles. The first-order valence-electron chi connectivity index (χ1n) is 4.33. The molecule has 0 amide bonds. The van der Waals surface area contributed by atoms with Gasteiger partial charge in [0.25, 0.3) is 0 Å². The van der Waals surface area contributed by atoms with Gasteiger partial charge in [-0.1, -0.05) is 19.9 Å². The third-order valence-electron chi connectivity index (χ3n) is 2.12. The molecule has 3 heteroatoms. The maximum Gasteiger partial charge on any atom is 0.0461 e. The lowest BCUT2D eigenvalue weighted by molar-refractivity contribution is 0.514. The van der Waals surface area contributed by atoms with Gasteiger partial charge < -0.3 is 11.5 Å². The minimum Gasteiger partial charge on any atom is -0.398 e. The van der Waals surface area contributed by atoms with Gasteiger partial charge in [-0.05, 0) is 39.5 Å². The largest absolute Gasteiger partial charge is 0.398 e. The molecule has 1 aromatic carbocycles. The molecule has 0 heterocycles. The van der Waals surface area contributed by atoms with Crippen LogP contribution in [0.3, 0.4) is 0 Å². The van der Waals surface area contributed by atoms with Crippen LogP contribution in [0.4, 0.5) is 5.69 Å². The van der Waals surface area contributed by atoms with E-state index in [1.807, 2.05) is 18.2 Å². The van der Waals surface area contributed by atoms with E-state index in [2.05, 4.69) is 29.8 Å². The predicted octanol–water partition coefficient (Wildman–Crippen LogP) is 2.69. The van der Waals surface area contributed by atoms with Gasteiger partial charge in [-0.2, -0.15) is 0 Å². The number of anilines is 1. The van der Waals surface area contributed by atoms with Gasteiger partial charge in [0.2, 0.25) is 0 Å². The first kappa shape index (κ1) is 10.5. The summed E-state index contributed by atoms with van der Waals surface area (Å²) in [5, 5.41) is 0. The third-order valence-corrected chi connectivity index (χ3v) is 2.85. The van der Waals surface area contributed by atoms with E-state index in [4.69, 9.17) is 11.5 Å². The molecule has 0 aromatic heterocycles. The Balaban J connectivity index is 2.97. The number of rotatable bonds is 2. The molecule has 0 aliphatic heterocycles. The molecule has 0 radical (unpaired) electrons. The summed E-state index contributed by atoms with van der Waals surface area (Å²) in [6.07, 6.45) is 0. The summed E-state index contributed by atoms with van der Waals surface area (Å²) in [6, 6.07) is 5.93. The molecule has 0 aliphatic rings. The van der Waals surface area contributed by atoms with Gasteiger partial charge >= 0.3 is 0 Å². The first-order valence-corrected chi connectivity index (χ1v) is 5.12. The fourth-order valence-electron chi connectivity index (χ4n) is 1.15. The zero-order chi connectivity index (χ0) is 10.0. The van der Waals surface area contributed by atoms with Crippen molar-refractivity contribution in [1.29, 1.82) is 0 Å². The van der Waals surface area contributed by atoms with Gasteiger partial charge in [0.05, 0.1) is 0 Å². The minimum absolute atomic E-state index is 0.0652. The summed E-state index contributed by atoms with van der Waals surface area (Å²) in [4.78, 5) is 0. The van der Waals surface area contributed by atoms with E-state index in [0.29, 0.717) is 5.92 Å². The molecule has 0 saturated carbocycles. The number of halogens is 1. The van der Waals surface area contributed by atoms with Crippen LogP contribution in [0.15, 0.2) is 22.7 Å². The Kier molecular flexibility index (Phi) is 3.33. The molecular weight excluding hydrogens is 228 g/mol. The van der Waals surface area contributed by atoms with Crippen LogP contribution >= 0.6 is 15.9 Å². The highest BCUT2D eigenvalue weighted by molar-refractivity contribution is 9.10. The molecule has 13 heavy (non-hydrogen) atoms. The van der Waals surface area contributed by atoms with E-state index >= 15 is 0 Å². The van der Waals surface area contributed by atoms with Crippen molar-refractivity contribution >= 4 is 21.6 Å². The quantitative estimate of drug-likeness (QED) is 0.784. The Bertz CT molecular complexity index is 297. The van der Waals surface area contributed by atoms with Crippen LogP contribution in [0.2, 0.25) is 0 Å². The Morgan fingerprint density at radius 3 is 2.38 bits per heavy atom. The molecule has 0 unspecified atom stereocenters. The van der Waals surface area contributed by atoms with E-state index in [1.165, 1.54) is 0 Å². The molecule has 2 nitrogen and oxygen atoms in total. The SMILES string of the molecule is CC(C)[C@H](N)c1ccc(Br)c(N)c1. The van der Waals surface area contributed by atoms with Crippen LogP contribution in [-0.4, -0.2) is 0 Å². The van der Waals surface area contributed by atoms with Gasteiger partial charge in [-0.25, -0.2) is 0 Å². The predicted molar refractivity (Wildman–Crippen MR) is 60.3 cm³/mol. The van der Waals surface area contributed by atoms with Crippen molar-refractivity contribution in [1.82, 2.24) is 0 Å². The summed E-state index contributed by atoms with van der Waals surface area (Å²) >= 11 is 3.35. The Morgan fingerprint density at radius 1 is 1.31 bits per heavy atom. The summed E-state index contributed by atoms with van der Waals surface area (Å²) in [5.41, 5.74) is 13.6. The third kappa shape index (κ3) is 2.45. The van der Waals surface area contributed by atoms with Crippen LogP contribution in [0.5, 0.6) is 0 Å². The van der Waals surface area contributed by atoms with E-state index in [0.717, 1.165) is 15.7 Å². The second-order valence-corrected chi connectivity index (χ2v) is 4.41. The Hall–Kier alpha value is -0.540. The second kappa shape index (κ2) is 4.11. The van der Waals surface area contributed by atoms with Crippen molar-refractivity contribution in [2.24, 2.45) is 11.7 Å². The zero-order valence-electron chi connectivity index (χ0n) is 7.92. The monoisotopic (exact) mass is 242 g/mol. The van der Waals surface area contributed by atoms with Crippen LogP contribution in [0, 0.1) is 5.92 Å². The lowest BCUT2D eigenvalue weighted by Gasteiger charge is -2.16. The van der Waals surface area contributed by atoms with Crippen LogP contribution < -0.4 is 11.5 Å². The highest BCUT2D eigenvalue weighted by Gasteiger charge is 2.10. The molecule has 0 bridgehead atoms. The van der Waals surface area contributed by atoms with Gasteiger partial charge in [0.15, 0.2) is 0 Å². The van der Waals surface area contributed by atoms with E-state index in [1.54, 1.807) is 0 Å². The maximum atomic E-state index is 5.99. The highest BCUT2D eigenvalue weighted by atomic mass is 79.9. The zero-order valence-corrected chi connectivity index (χ0v) is 9.51. The number of benzene rings is 1. The molecule has 1 aromatic rings. The normalized spacial score (nSPS) is 13.3. The van der Waals surface area contributed by atoms with Crippen molar-refractivity contribution < 1.29 is 0 Å². The summed E-state index contributed by atoms with van der Waals surface area (Å²) in [6.45, 7) is 4.20. The summed E-state index contributed by atoms with van der Waals surface area (Å²) < 4.78 is 0.923. The topological polar surface area (TPSA) is 52.0 Å². The average Bonchev–Trinajstić information content (AvgIpc) is 2.08. The molecule has 0 fully saturated rings. The van der Waals surface area contributed by atoms with E-state index in [9.17, 15) is 0 Å². The van der Waals surface area contributed by atoms with Crippen molar-refractivity contribution in [3.05, 3.63) is 28.2 Å². The average molecular weight is 243 g/mol. The molecule has 1 rings (SSSR count). The smallest absolute Gasteiger partial charge is 0.0461 e. The first-order chi connectivity index (χ1) is 6.02. The van der Waals surface area contributed by atoms with Gasteiger partial charge in [-0.15, -0.1) is 0 Å². The molecule has 1 atom stereocenters. The second-order valence-electron chi connectivity index (χ2n) is 3.55. The van der Waals surface area contributed by atoms with Crippen LogP contribution in [-0.2, 0) is 0 Å². The fourth-order valence-corrected chi connectivity index (χ4v) is 1.40. The van der Waals surface area contributed by atoms with Crippen molar-refractivity contribution in [3.8, 4) is 0 Å². The molecule has 72 valence electrons. The van der Waals surface area contributed by atoms with Gasteiger partial charge in [0, 0.05) is 16.2 Å². The highest BCUT2D eigenvalue weighted by Crippen LogP contribution is 2.25.